The monoisotopic (exact) mass is 346 g/mol. The molecule has 8 heteroatoms. The molecule has 0 saturated heterocycles. The van der Waals surface area contributed by atoms with Crippen molar-refractivity contribution in [3.05, 3.63) is 42.4 Å². The molecule has 0 spiro atoms. The van der Waals surface area contributed by atoms with E-state index in [9.17, 15) is 8.42 Å². The molecule has 0 radical (unpaired) electrons. The Morgan fingerprint density at radius 2 is 1.96 bits per heavy atom. The normalized spacial score (nSPS) is 11.7. The minimum absolute atomic E-state index is 0.294. The standard InChI is InChI=1S/C16H18N4O3S/c1-11-7-12(23-24(4,21)22)5-6-14(11)20(3)16-8-15-13(9-17-16)18-10-19(15)2/h5-10H,1-4H3. The Bertz CT molecular complexity index is 1010. The maximum atomic E-state index is 11.2. The fourth-order valence-corrected chi connectivity index (χ4v) is 3.01. The van der Waals surface area contributed by atoms with Crippen LogP contribution in [-0.4, -0.2) is 36.3 Å². The molecule has 126 valence electrons. The maximum absolute atomic E-state index is 11.2. The molecule has 1 aromatic carbocycles. The number of fused-ring (bicyclic) bond motifs is 1. The maximum Gasteiger partial charge on any atom is 0.306 e. The molecule has 3 aromatic rings. The first-order chi connectivity index (χ1) is 11.2. The van der Waals surface area contributed by atoms with Crippen molar-refractivity contribution in [1.82, 2.24) is 14.5 Å². The van der Waals surface area contributed by atoms with E-state index in [0.29, 0.717) is 5.75 Å². The predicted molar refractivity (Wildman–Crippen MR) is 93.2 cm³/mol. The molecule has 2 aromatic heterocycles. The molecular weight excluding hydrogens is 328 g/mol. The van der Waals surface area contributed by atoms with E-state index >= 15 is 0 Å². The number of aryl methyl sites for hydroxylation is 2. The van der Waals surface area contributed by atoms with Crippen molar-refractivity contribution in [2.24, 2.45) is 7.05 Å². The summed E-state index contributed by atoms with van der Waals surface area (Å²) in [5.74, 6) is 1.06. The summed E-state index contributed by atoms with van der Waals surface area (Å²) < 4.78 is 29.3. The number of aromatic nitrogens is 3. The van der Waals surface area contributed by atoms with Gasteiger partial charge in [0, 0.05) is 25.8 Å². The van der Waals surface area contributed by atoms with Gasteiger partial charge in [-0.05, 0) is 30.7 Å². The van der Waals surface area contributed by atoms with E-state index in [1.54, 1.807) is 24.7 Å². The number of hydrogen-bond acceptors (Lipinski definition) is 6. The van der Waals surface area contributed by atoms with Gasteiger partial charge in [0.15, 0.2) is 0 Å². The lowest BCUT2D eigenvalue weighted by Gasteiger charge is -2.21. The van der Waals surface area contributed by atoms with Crippen LogP contribution in [-0.2, 0) is 17.2 Å². The molecule has 0 saturated carbocycles. The zero-order chi connectivity index (χ0) is 17.5. The molecular formula is C16H18N4O3S. The summed E-state index contributed by atoms with van der Waals surface area (Å²) in [6, 6.07) is 7.09. The van der Waals surface area contributed by atoms with Gasteiger partial charge in [0.2, 0.25) is 0 Å². The molecule has 3 rings (SSSR count). The molecule has 0 aliphatic heterocycles. The number of anilines is 2. The second-order valence-corrected chi connectivity index (χ2v) is 7.26. The van der Waals surface area contributed by atoms with Gasteiger partial charge in [-0.15, -0.1) is 0 Å². The highest BCUT2D eigenvalue weighted by molar-refractivity contribution is 7.86. The Morgan fingerprint density at radius 1 is 1.21 bits per heavy atom. The van der Waals surface area contributed by atoms with E-state index in [0.717, 1.165) is 34.4 Å². The Labute approximate surface area is 140 Å². The van der Waals surface area contributed by atoms with Gasteiger partial charge in [-0.2, -0.15) is 8.42 Å². The fraction of sp³-hybridized carbons (Fsp3) is 0.250. The summed E-state index contributed by atoms with van der Waals surface area (Å²) in [6.07, 6.45) is 4.51. The topological polar surface area (TPSA) is 77.3 Å². The zero-order valence-electron chi connectivity index (χ0n) is 13.9. The first kappa shape index (κ1) is 16.3. The van der Waals surface area contributed by atoms with Crippen LogP contribution in [0.3, 0.4) is 0 Å². The average molecular weight is 346 g/mol. The third kappa shape index (κ3) is 3.18. The van der Waals surface area contributed by atoms with Gasteiger partial charge in [0.25, 0.3) is 0 Å². The zero-order valence-corrected chi connectivity index (χ0v) is 14.7. The van der Waals surface area contributed by atoms with E-state index in [1.165, 1.54) is 0 Å². The molecule has 24 heavy (non-hydrogen) atoms. The van der Waals surface area contributed by atoms with E-state index in [-0.39, 0.29) is 0 Å². The molecule has 0 N–H and O–H groups in total. The van der Waals surface area contributed by atoms with Crippen LogP contribution >= 0.6 is 0 Å². The first-order valence-electron chi connectivity index (χ1n) is 7.25. The Balaban J connectivity index is 1.96. The number of hydrogen-bond donors (Lipinski definition) is 0. The van der Waals surface area contributed by atoms with Crippen LogP contribution in [0.5, 0.6) is 5.75 Å². The summed E-state index contributed by atoms with van der Waals surface area (Å²) in [5, 5.41) is 0. The summed E-state index contributed by atoms with van der Waals surface area (Å²) >= 11 is 0. The van der Waals surface area contributed by atoms with Crippen molar-refractivity contribution in [1.29, 1.82) is 0 Å². The quantitative estimate of drug-likeness (QED) is 0.675. The summed E-state index contributed by atoms with van der Waals surface area (Å²) in [5.41, 5.74) is 3.61. The molecule has 0 aliphatic carbocycles. The van der Waals surface area contributed by atoms with E-state index in [2.05, 4.69) is 9.97 Å². The highest BCUT2D eigenvalue weighted by atomic mass is 32.2. The van der Waals surface area contributed by atoms with Gasteiger partial charge in [0.1, 0.15) is 17.1 Å². The van der Waals surface area contributed by atoms with Gasteiger partial charge in [-0.1, -0.05) is 0 Å². The van der Waals surface area contributed by atoms with Crippen LogP contribution in [0, 0.1) is 6.92 Å². The first-order valence-corrected chi connectivity index (χ1v) is 9.07. The van der Waals surface area contributed by atoms with Crippen LogP contribution in [0.4, 0.5) is 11.5 Å². The highest BCUT2D eigenvalue weighted by Crippen LogP contribution is 2.30. The Kier molecular flexibility index (Phi) is 3.92. The largest absolute Gasteiger partial charge is 0.383 e. The van der Waals surface area contributed by atoms with E-state index in [1.807, 2.05) is 42.6 Å². The number of pyridine rings is 1. The molecule has 0 bridgehead atoms. The van der Waals surface area contributed by atoms with E-state index < -0.39 is 10.1 Å². The van der Waals surface area contributed by atoms with Crippen molar-refractivity contribution in [2.75, 3.05) is 18.2 Å². The van der Waals surface area contributed by atoms with Crippen LogP contribution in [0.1, 0.15) is 5.56 Å². The number of imidazole rings is 1. The van der Waals surface area contributed by atoms with Gasteiger partial charge >= 0.3 is 10.1 Å². The number of nitrogens with zero attached hydrogens (tertiary/aromatic N) is 4. The van der Waals surface area contributed by atoms with E-state index in [4.69, 9.17) is 4.18 Å². The van der Waals surface area contributed by atoms with Crippen LogP contribution in [0.15, 0.2) is 36.8 Å². The van der Waals surface area contributed by atoms with Crippen molar-refractivity contribution < 1.29 is 12.6 Å². The molecule has 0 amide bonds. The SMILES string of the molecule is Cc1cc(OS(C)(=O)=O)ccc1N(C)c1cc2c(cn1)ncn2C. The van der Waals surface area contributed by atoms with Gasteiger partial charge in [0.05, 0.1) is 24.3 Å². The summed E-state index contributed by atoms with van der Waals surface area (Å²) in [7, 11) is 0.301. The molecule has 0 aliphatic rings. The van der Waals surface area contributed by atoms with Crippen LogP contribution < -0.4 is 9.08 Å². The molecule has 2 heterocycles. The molecule has 7 nitrogen and oxygen atoms in total. The van der Waals surface area contributed by atoms with Gasteiger partial charge in [-0.25, -0.2) is 9.97 Å². The summed E-state index contributed by atoms with van der Waals surface area (Å²) in [4.78, 5) is 10.6. The van der Waals surface area contributed by atoms with Crippen LogP contribution in [0.25, 0.3) is 11.0 Å². The third-order valence-corrected chi connectivity index (χ3v) is 4.21. The third-order valence-electron chi connectivity index (χ3n) is 3.72. The lowest BCUT2D eigenvalue weighted by molar-refractivity contribution is 0.493. The van der Waals surface area contributed by atoms with Crippen molar-refractivity contribution in [2.45, 2.75) is 6.92 Å². The highest BCUT2D eigenvalue weighted by Gasteiger charge is 2.12. The molecule has 0 fully saturated rings. The lowest BCUT2D eigenvalue weighted by atomic mass is 10.1. The van der Waals surface area contributed by atoms with Crippen molar-refractivity contribution in [3.8, 4) is 5.75 Å². The average Bonchev–Trinajstić information content (AvgIpc) is 2.86. The fourth-order valence-electron chi connectivity index (χ4n) is 2.56. The number of rotatable bonds is 4. The minimum atomic E-state index is -3.54. The van der Waals surface area contributed by atoms with Crippen molar-refractivity contribution in [3.63, 3.8) is 0 Å². The Hall–Kier alpha value is -2.61. The predicted octanol–water partition coefficient (Wildman–Crippen LogP) is 2.38. The van der Waals surface area contributed by atoms with Gasteiger partial charge < -0.3 is 13.7 Å². The second kappa shape index (κ2) is 5.79. The second-order valence-electron chi connectivity index (χ2n) is 5.68. The minimum Gasteiger partial charge on any atom is -0.383 e. The number of benzene rings is 1. The molecule has 0 atom stereocenters. The van der Waals surface area contributed by atoms with Crippen molar-refractivity contribution >= 4 is 32.7 Å². The smallest absolute Gasteiger partial charge is 0.306 e. The van der Waals surface area contributed by atoms with Gasteiger partial charge in [-0.3, -0.25) is 0 Å². The lowest BCUT2D eigenvalue weighted by Crippen LogP contribution is -2.13. The molecule has 0 unspecified atom stereocenters. The Morgan fingerprint density at radius 3 is 2.62 bits per heavy atom. The van der Waals surface area contributed by atoms with Crippen LogP contribution in [0.2, 0.25) is 0 Å². The summed E-state index contributed by atoms with van der Waals surface area (Å²) in [6.45, 7) is 1.89.